The van der Waals surface area contributed by atoms with Crippen LogP contribution in [0.1, 0.15) is 43.7 Å². The Kier molecular flexibility index (Phi) is 6.50. The van der Waals surface area contributed by atoms with Gasteiger partial charge in [0.25, 0.3) is 0 Å². The Labute approximate surface area is 167 Å². The lowest BCUT2D eigenvalue weighted by Crippen LogP contribution is -2.39. The zero-order valence-electron chi connectivity index (χ0n) is 17.1. The molecule has 1 aliphatic rings. The van der Waals surface area contributed by atoms with Crippen LogP contribution in [0, 0.1) is 25.7 Å². The van der Waals surface area contributed by atoms with Crippen molar-refractivity contribution in [1.29, 1.82) is 0 Å². The normalized spacial score (nSPS) is 19.1. The third-order valence-electron chi connectivity index (χ3n) is 5.66. The summed E-state index contributed by atoms with van der Waals surface area (Å²) in [4.78, 5) is 27.5. The molecule has 0 spiro atoms. The lowest BCUT2D eigenvalue weighted by atomic mass is 9.80. The van der Waals surface area contributed by atoms with Gasteiger partial charge >= 0.3 is 0 Å². The van der Waals surface area contributed by atoms with Gasteiger partial charge in [0.05, 0.1) is 0 Å². The molecule has 3 rings (SSSR count). The van der Waals surface area contributed by atoms with Crippen molar-refractivity contribution in [2.24, 2.45) is 11.8 Å². The van der Waals surface area contributed by atoms with Gasteiger partial charge in [0.1, 0.15) is 0 Å². The minimum Gasteiger partial charge on any atom is -0.326 e. The summed E-state index contributed by atoms with van der Waals surface area (Å²) in [7, 11) is 0. The Morgan fingerprint density at radius 1 is 0.929 bits per heavy atom. The van der Waals surface area contributed by atoms with Gasteiger partial charge < -0.3 is 10.2 Å². The number of aryl methyl sites for hydroxylation is 2. The van der Waals surface area contributed by atoms with Crippen LogP contribution in [-0.2, 0) is 9.59 Å². The topological polar surface area (TPSA) is 49.4 Å². The number of nitrogens with zero attached hydrogens (tertiary/aromatic N) is 1. The first kappa shape index (κ1) is 20.1. The molecule has 28 heavy (non-hydrogen) atoms. The highest BCUT2D eigenvalue weighted by Gasteiger charge is 2.32. The number of carbonyl (C=O) groups is 2. The highest BCUT2D eigenvalue weighted by molar-refractivity contribution is 5.96. The highest BCUT2D eigenvalue weighted by atomic mass is 16.2. The minimum atomic E-state index is -0.0144. The first-order valence-corrected chi connectivity index (χ1v) is 10.2. The number of hydrogen-bond donors (Lipinski definition) is 1. The molecule has 0 heterocycles. The summed E-state index contributed by atoms with van der Waals surface area (Å²) in [6.07, 6.45) is 3.07. The predicted octanol–water partition coefficient (Wildman–Crippen LogP) is 5.10. The number of benzene rings is 2. The molecule has 0 unspecified atom stereocenters. The Morgan fingerprint density at radius 2 is 1.57 bits per heavy atom. The smallest absolute Gasteiger partial charge is 0.230 e. The molecule has 1 fully saturated rings. The number of amides is 2. The molecule has 2 aromatic carbocycles. The summed E-state index contributed by atoms with van der Waals surface area (Å²) in [5, 5.41) is 3.01. The Balaban J connectivity index is 1.57. The van der Waals surface area contributed by atoms with Gasteiger partial charge in [-0.15, -0.1) is 0 Å². The average Bonchev–Trinajstić information content (AvgIpc) is 2.70. The Hall–Kier alpha value is -2.62. The van der Waals surface area contributed by atoms with E-state index in [0.717, 1.165) is 42.6 Å². The van der Waals surface area contributed by atoms with E-state index in [1.807, 2.05) is 68.1 Å². The number of nitrogens with one attached hydrogen (secondary N) is 1. The van der Waals surface area contributed by atoms with Gasteiger partial charge in [-0.1, -0.05) is 29.8 Å². The molecule has 4 nitrogen and oxygen atoms in total. The first-order chi connectivity index (χ1) is 13.5. The van der Waals surface area contributed by atoms with Crippen LogP contribution in [0.2, 0.25) is 0 Å². The van der Waals surface area contributed by atoms with Crippen LogP contribution in [0.5, 0.6) is 0 Å². The molecule has 0 aliphatic heterocycles. The van der Waals surface area contributed by atoms with Crippen LogP contribution in [0.3, 0.4) is 0 Å². The van der Waals surface area contributed by atoms with E-state index in [1.165, 1.54) is 5.56 Å². The predicted molar refractivity (Wildman–Crippen MR) is 114 cm³/mol. The van der Waals surface area contributed by atoms with E-state index in [2.05, 4.69) is 11.4 Å². The highest BCUT2D eigenvalue weighted by Crippen LogP contribution is 2.32. The molecule has 2 amide bonds. The molecular formula is C24H30N2O2. The van der Waals surface area contributed by atoms with E-state index in [0.29, 0.717) is 6.54 Å². The van der Waals surface area contributed by atoms with E-state index in [1.54, 1.807) is 0 Å². The Morgan fingerprint density at radius 3 is 2.18 bits per heavy atom. The second kappa shape index (κ2) is 9.05. The fourth-order valence-electron chi connectivity index (χ4n) is 3.97. The molecule has 0 atom stereocenters. The lowest BCUT2D eigenvalue weighted by Gasteiger charge is -2.31. The zero-order valence-corrected chi connectivity index (χ0v) is 17.1. The third kappa shape index (κ3) is 4.80. The number of anilines is 2. The summed E-state index contributed by atoms with van der Waals surface area (Å²) in [6, 6.07) is 15.9. The van der Waals surface area contributed by atoms with Crippen molar-refractivity contribution in [2.45, 2.75) is 46.5 Å². The largest absolute Gasteiger partial charge is 0.326 e. The maximum Gasteiger partial charge on any atom is 0.230 e. The average molecular weight is 379 g/mol. The van der Waals surface area contributed by atoms with Crippen LogP contribution >= 0.6 is 0 Å². The molecule has 1 aliphatic carbocycles. The van der Waals surface area contributed by atoms with Crippen LogP contribution in [-0.4, -0.2) is 18.4 Å². The van der Waals surface area contributed by atoms with E-state index in [4.69, 9.17) is 0 Å². The molecule has 4 heteroatoms. The molecule has 148 valence electrons. The van der Waals surface area contributed by atoms with Crippen molar-refractivity contribution in [2.75, 3.05) is 16.8 Å². The summed E-state index contributed by atoms with van der Waals surface area (Å²) in [6.45, 7) is 6.75. The van der Waals surface area contributed by atoms with Crippen LogP contribution in [0.15, 0.2) is 48.5 Å². The van der Waals surface area contributed by atoms with E-state index in [9.17, 15) is 9.59 Å². The van der Waals surface area contributed by atoms with Crippen molar-refractivity contribution in [3.8, 4) is 0 Å². The van der Waals surface area contributed by atoms with Crippen molar-refractivity contribution >= 4 is 23.2 Å². The van der Waals surface area contributed by atoms with Gasteiger partial charge in [-0.3, -0.25) is 9.59 Å². The molecule has 0 saturated heterocycles. The summed E-state index contributed by atoms with van der Waals surface area (Å²) >= 11 is 0. The maximum absolute atomic E-state index is 13.1. The first-order valence-electron chi connectivity index (χ1n) is 10.2. The second-order valence-electron chi connectivity index (χ2n) is 7.83. The van der Waals surface area contributed by atoms with Gasteiger partial charge in [0.15, 0.2) is 0 Å². The fourth-order valence-corrected chi connectivity index (χ4v) is 3.97. The molecular weight excluding hydrogens is 348 g/mol. The number of carbonyl (C=O) groups excluding carboxylic acids is 2. The molecule has 0 aromatic heterocycles. The van der Waals surface area contributed by atoms with Crippen LogP contribution in [0.4, 0.5) is 11.4 Å². The Bertz CT molecular complexity index is 821. The fraction of sp³-hybridized carbons (Fsp3) is 0.417. The van der Waals surface area contributed by atoms with E-state index < -0.39 is 0 Å². The summed E-state index contributed by atoms with van der Waals surface area (Å²) < 4.78 is 0. The van der Waals surface area contributed by atoms with Crippen LogP contribution in [0.25, 0.3) is 0 Å². The number of hydrogen-bond acceptors (Lipinski definition) is 2. The summed E-state index contributed by atoms with van der Waals surface area (Å²) in [5.74, 6) is 0.245. The van der Waals surface area contributed by atoms with Gasteiger partial charge in [0.2, 0.25) is 11.8 Å². The SMILES string of the molecule is CCN(C(=O)C1CCC(C(=O)Nc2ccc(C)cc2)CC1)c1cccc(C)c1. The number of rotatable bonds is 5. The van der Waals surface area contributed by atoms with Gasteiger partial charge in [0, 0.05) is 29.8 Å². The molecule has 0 radical (unpaired) electrons. The summed E-state index contributed by atoms with van der Waals surface area (Å²) in [5.41, 5.74) is 4.13. The van der Waals surface area contributed by atoms with E-state index >= 15 is 0 Å². The third-order valence-corrected chi connectivity index (χ3v) is 5.66. The van der Waals surface area contributed by atoms with Crippen molar-refractivity contribution < 1.29 is 9.59 Å². The van der Waals surface area contributed by atoms with Crippen molar-refractivity contribution in [3.63, 3.8) is 0 Å². The molecule has 1 N–H and O–H groups in total. The monoisotopic (exact) mass is 378 g/mol. The lowest BCUT2D eigenvalue weighted by molar-refractivity contribution is -0.126. The zero-order chi connectivity index (χ0) is 20.1. The second-order valence-corrected chi connectivity index (χ2v) is 7.83. The molecule has 1 saturated carbocycles. The minimum absolute atomic E-state index is 0.00360. The quantitative estimate of drug-likeness (QED) is 0.787. The van der Waals surface area contributed by atoms with E-state index in [-0.39, 0.29) is 23.7 Å². The van der Waals surface area contributed by atoms with Crippen molar-refractivity contribution in [3.05, 3.63) is 59.7 Å². The standard InChI is InChI=1S/C24H30N2O2/c1-4-26(22-7-5-6-18(3)16-22)24(28)20-12-10-19(11-13-20)23(27)25-21-14-8-17(2)9-15-21/h5-9,14-16,19-20H,4,10-13H2,1-3H3,(H,25,27). The van der Waals surface area contributed by atoms with Crippen LogP contribution < -0.4 is 10.2 Å². The maximum atomic E-state index is 13.1. The molecule has 2 aromatic rings. The van der Waals surface area contributed by atoms with Gasteiger partial charge in [-0.2, -0.15) is 0 Å². The van der Waals surface area contributed by atoms with Crippen molar-refractivity contribution in [1.82, 2.24) is 0 Å². The van der Waals surface area contributed by atoms with Gasteiger partial charge in [-0.05, 0) is 76.3 Å². The van der Waals surface area contributed by atoms with Gasteiger partial charge in [-0.25, -0.2) is 0 Å². The molecule has 0 bridgehead atoms.